The Hall–Kier alpha value is 0.492. The van der Waals surface area contributed by atoms with E-state index >= 15 is 0 Å². The van der Waals surface area contributed by atoms with Gasteiger partial charge in [0, 0.05) is 0 Å². The highest BCUT2D eigenvalue weighted by Gasteiger charge is 1.83. The van der Waals surface area contributed by atoms with Crippen LogP contribution in [-0.4, -0.2) is 30.5 Å². The van der Waals surface area contributed by atoms with Gasteiger partial charge in [0.2, 0.25) is 0 Å². The van der Waals surface area contributed by atoms with E-state index < -0.39 is 0 Å². The van der Waals surface area contributed by atoms with Crippen molar-refractivity contribution in [3.8, 4) is 0 Å². The van der Waals surface area contributed by atoms with Crippen molar-refractivity contribution < 1.29 is 0 Å². The van der Waals surface area contributed by atoms with Crippen LogP contribution in [0.3, 0.4) is 0 Å². The lowest BCUT2D eigenvalue weighted by atomic mass is 10.1. The summed E-state index contributed by atoms with van der Waals surface area (Å²) in [4.78, 5) is 0. The van der Waals surface area contributed by atoms with Crippen LogP contribution in [0.4, 0.5) is 0 Å². The summed E-state index contributed by atoms with van der Waals surface area (Å²) in [5.74, 6) is 0. The molecule has 0 aromatic carbocycles. The zero-order chi connectivity index (χ0) is 10.4. The molecule has 87 valence electrons. The molecule has 0 saturated heterocycles. The van der Waals surface area contributed by atoms with Gasteiger partial charge in [-0.1, -0.05) is 66.2 Å². The first-order chi connectivity index (χ1) is 6.33. The van der Waals surface area contributed by atoms with E-state index in [2.05, 4.69) is 33.0 Å². The summed E-state index contributed by atoms with van der Waals surface area (Å²) in [6.07, 6.45) is 7.98. The Morgan fingerprint density at radius 2 is 1.36 bits per heavy atom. The summed E-state index contributed by atoms with van der Waals surface area (Å²) >= 11 is 0. The molecular formula is C12H31AlN. The first-order valence-corrected chi connectivity index (χ1v) is 5.83. The fourth-order valence-electron chi connectivity index (χ4n) is 1.03. The maximum absolute atomic E-state index is 3.78. The number of nitrogens with one attached hydrogen (secondary N) is 1. The second-order valence-corrected chi connectivity index (χ2v) is 3.22. The Labute approximate surface area is 102 Å². The fourth-order valence-corrected chi connectivity index (χ4v) is 1.03. The smallest absolute Gasteiger partial charge is 0.187 e. The van der Waals surface area contributed by atoms with Gasteiger partial charge in [-0.3, -0.25) is 0 Å². The highest BCUT2D eigenvalue weighted by atomic mass is 27.0. The predicted molar refractivity (Wildman–Crippen MR) is 72.9 cm³/mol. The van der Waals surface area contributed by atoms with Crippen LogP contribution < -0.4 is 5.32 Å². The van der Waals surface area contributed by atoms with E-state index in [0.717, 1.165) is 19.5 Å². The topological polar surface area (TPSA) is 12.0 Å². The molecule has 0 fully saturated rings. The molecule has 1 N–H and O–H groups in total. The summed E-state index contributed by atoms with van der Waals surface area (Å²) in [6, 6.07) is 0. The molecule has 0 spiro atoms. The van der Waals surface area contributed by atoms with Crippen molar-refractivity contribution in [3.05, 3.63) is 6.92 Å². The third-order valence-electron chi connectivity index (χ3n) is 1.85. The quantitative estimate of drug-likeness (QED) is 0.509. The zero-order valence-electron chi connectivity index (χ0n) is 9.86. The van der Waals surface area contributed by atoms with Gasteiger partial charge in [-0.15, -0.1) is 0 Å². The van der Waals surface area contributed by atoms with Gasteiger partial charge in [0.15, 0.2) is 17.4 Å². The number of hydrogen-bond donors (Lipinski definition) is 1. The van der Waals surface area contributed by atoms with Crippen LogP contribution in [0.1, 0.15) is 59.3 Å². The molecule has 0 aliphatic carbocycles. The lowest BCUT2D eigenvalue weighted by molar-refractivity contribution is 0.637. The molecule has 0 aliphatic rings. The molecule has 0 heterocycles. The molecule has 0 unspecified atom stereocenters. The molecule has 0 rings (SSSR count). The Bertz CT molecular complexity index is 59.3. The van der Waals surface area contributed by atoms with E-state index in [1.54, 1.807) is 0 Å². The number of rotatable bonds is 7. The largest absolute Gasteiger partial charge is 0.317 e. The van der Waals surface area contributed by atoms with Crippen LogP contribution >= 0.6 is 0 Å². The Morgan fingerprint density at radius 1 is 0.857 bits per heavy atom. The Morgan fingerprint density at radius 3 is 1.64 bits per heavy atom. The van der Waals surface area contributed by atoms with Crippen LogP contribution in [-0.2, 0) is 0 Å². The summed E-state index contributed by atoms with van der Waals surface area (Å²) in [7, 11) is 0. The normalized spacial score (nSPS) is 8.57. The van der Waals surface area contributed by atoms with Crippen molar-refractivity contribution in [3.63, 3.8) is 0 Å². The third-order valence-corrected chi connectivity index (χ3v) is 1.85. The number of unbranched alkanes of at least 4 members (excludes halogenated alkanes) is 5. The first kappa shape index (κ1) is 20.0. The zero-order valence-corrected chi connectivity index (χ0v) is 9.86. The molecule has 0 aliphatic heterocycles. The lowest BCUT2D eigenvalue weighted by Crippen LogP contribution is -2.09. The molecule has 1 radical (unpaired) electrons. The van der Waals surface area contributed by atoms with Gasteiger partial charge in [-0.2, -0.15) is 0 Å². The molecule has 2 heteroatoms. The maximum atomic E-state index is 3.78. The monoisotopic (exact) mass is 216 g/mol. The minimum absolute atomic E-state index is 0. The van der Waals surface area contributed by atoms with Gasteiger partial charge in [0.05, 0.1) is 0 Å². The molecule has 1 nitrogen and oxygen atoms in total. The second-order valence-electron chi connectivity index (χ2n) is 3.22. The van der Waals surface area contributed by atoms with Crippen LogP contribution in [0, 0.1) is 6.92 Å². The van der Waals surface area contributed by atoms with Crippen molar-refractivity contribution in [2.45, 2.75) is 59.3 Å². The highest BCUT2D eigenvalue weighted by molar-refractivity contribution is 5.75. The van der Waals surface area contributed by atoms with E-state index in [9.17, 15) is 0 Å². The van der Waals surface area contributed by atoms with Crippen molar-refractivity contribution in [2.24, 2.45) is 0 Å². The lowest BCUT2D eigenvalue weighted by Gasteiger charge is -1.93. The van der Waals surface area contributed by atoms with Crippen molar-refractivity contribution in [2.75, 3.05) is 13.1 Å². The van der Waals surface area contributed by atoms with Crippen LogP contribution in [0.25, 0.3) is 0 Å². The minimum Gasteiger partial charge on any atom is -0.317 e. The first-order valence-electron chi connectivity index (χ1n) is 5.83. The van der Waals surface area contributed by atoms with E-state index in [-0.39, 0.29) is 17.4 Å². The average Bonchev–Trinajstić information content (AvgIpc) is 2.15. The summed E-state index contributed by atoms with van der Waals surface area (Å²) in [5.41, 5.74) is 0. The van der Waals surface area contributed by atoms with Gasteiger partial charge in [-0.25, -0.2) is 0 Å². The Balaban J connectivity index is -0.000000177. The fraction of sp³-hybridized carbons (Fsp3) is 0.917. The van der Waals surface area contributed by atoms with Crippen molar-refractivity contribution in [1.82, 2.24) is 5.32 Å². The Kier molecular flexibility index (Phi) is 33.3. The van der Waals surface area contributed by atoms with Crippen LogP contribution in [0.2, 0.25) is 0 Å². The van der Waals surface area contributed by atoms with E-state index in [1.807, 2.05) is 0 Å². The third kappa shape index (κ3) is 29.4. The standard InChI is InChI=1S/C8H17.C4H11N.Al.3H/c1-3-5-7-8-6-4-2;1-3-5-4-2;;;;/h1,3-8H2,2H3;5H,3-4H2,1-2H3;;;;. The molecule has 0 aromatic rings. The predicted octanol–water partition coefficient (Wildman–Crippen LogP) is 2.61. The van der Waals surface area contributed by atoms with Gasteiger partial charge in [0.1, 0.15) is 0 Å². The van der Waals surface area contributed by atoms with E-state index in [4.69, 9.17) is 0 Å². The summed E-state index contributed by atoms with van der Waals surface area (Å²) in [5, 5.41) is 3.11. The van der Waals surface area contributed by atoms with Crippen molar-refractivity contribution in [1.29, 1.82) is 0 Å². The van der Waals surface area contributed by atoms with Crippen molar-refractivity contribution >= 4 is 17.4 Å². The summed E-state index contributed by atoms with van der Waals surface area (Å²) < 4.78 is 0. The SMILES string of the molecule is CCNCC.[AlH3].[CH2]CCCCCCC. The van der Waals surface area contributed by atoms with Gasteiger partial charge < -0.3 is 5.32 Å². The van der Waals surface area contributed by atoms with E-state index in [1.165, 1.54) is 32.1 Å². The molecule has 0 bridgehead atoms. The minimum atomic E-state index is 0. The van der Waals surface area contributed by atoms with E-state index in [0.29, 0.717) is 0 Å². The maximum Gasteiger partial charge on any atom is 0.187 e. The van der Waals surface area contributed by atoms with Crippen LogP contribution in [0.15, 0.2) is 0 Å². The molecular weight excluding hydrogens is 185 g/mol. The second kappa shape index (κ2) is 23.4. The molecule has 0 saturated carbocycles. The highest BCUT2D eigenvalue weighted by Crippen LogP contribution is 2.03. The summed E-state index contributed by atoms with van der Waals surface area (Å²) in [6.45, 7) is 12.4. The molecule has 0 aromatic heterocycles. The van der Waals surface area contributed by atoms with Gasteiger partial charge in [0.25, 0.3) is 0 Å². The average molecular weight is 216 g/mol. The molecule has 0 atom stereocenters. The van der Waals surface area contributed by atoms with Gasteiger partial charge >= 0.3 is 0 Å². The molecule has 0 amide bonds. The van der Waals surface area contributed by atoms with Gasteiger partial charge in [-0.05, 0) is 13.1 Å². The molecule has 14 heavy (non-hydrogen) atoms. The number of hydrogen-bond acceptors (Lipinski definition) is 1. The van der Waals surface area contributed by atoms with Crippen LogP contribution in [0.5, 0.6) is 0 Å².